The van der Waals surface area contributed by atoms with Crippen LogP contribution in [0.4, 0.5) is 5.69 Å². The van der Waals surface area contributed by atoms with Gasteiger partial charge in [0, 0.05) is 18.7 Å². The van der Waals surface area contributed by atoms with Crippen molar-refractivity contribution >= 4 is 22.6 Å². The maximum Gasteiger partial charge on any atom is 0.341 e. The van der Waals surface area contributed by atoms with E-state index in [4.69, 9.17) is 0 Å². The van der Waals surface area contributed by atoms with E-state index in [1.807, 2.05) is 0 Å². The van der Waals surface area contributed by atoms with Gasteiger partial charge in [-0.2, -0.15) is 0 Å². The fourth-order valence-corrected chi connectivity index (χ4v) is 3.01. The summed E-state index contributed by atoms with van der Waals surface area (Å²) >= 11 is 0. The Kier molecular flexibility index (Phi) is 4.53. The summed E-state index contributed by atoms with van der Waals surface area (Å²) in [5.41, 5.74) is 1.46. The molecule has 0 amide bonds. The van der Waals surface area contributed by atoms with E-state index in [2.05, 4.69) is 0 Å². The number of carboxylic acid groups (broad SMARTS) is 1. The second-order valence-electron chi connectivity index (χ2n) is 6.00. The Labute approximate surface area is 148 Å². The summed E-state index contributed by atoms with van der Waals surface area (Å²) in [7, 11) is 0. The van der Waals surface area contributed by atoms with Crippen molar-refractivity contribution in [1.82, 2.24) is 4.57 Å². The van der Waals surface area contributed by atoms with Crippen LogP contribution < -0.4 is 5.56 Å². The third-order valence-electron chi connectivity index (χ3n) is 4.38. The maximum absolute atomic E-state index is 12.6. The first kappa shape index (κ1) is 17.3. The monoisotopic (exact) mass is 352 g/mol. The van der Waals surface area contributed by atoms with Crippen molar-refractivity contribution in [2.24, 2.45) is 0 Å². The van der Waals surface area contributed by atoms with Gasteiger partial charge in [-0.15, -0.1) is 0 Å². The first-order valence-corrected chi connectivity index (χ1v) is 7.98. The minimum absolute atomic E-state index is 0.0155. The van der Waals surface area contributed by atoms with Crippen molar-refractivity contribution in [3.63, 3.8) is 0 Å². The number of rotatable bonds is 5. The van der Waals surface area contributed by atoms with Gasteiger partial charge in [0.25, 0.3) is 11.2 Å². The highest BCUT2D eigenvalue weighted by Crippen LogP contribution is 2.19. The molecule has 0 saturated carbocycles. The molecule has 7 nitrogen and oxygen atoms in total. The van der Waals surface area contributed by atoms with Gasteiger partial charge in [-0.3, -0.25) is 14.9 Å². The van der Waals surface area contributed by atoms with E-state index < -0.39 is 16.5 Å². The average Bonchev–Trinajstić information content (AvgIpc) is 2.61. The molecule has 0 radical (unpaired) electrons. The van der Waals surface area contributed by atoms with Crippen molar-refractivity contribution in [3.8, 4) is 0 Å². The highest BCUT2D eigenvalue weighted by atomic mass is 16.6. The molecule has 132 valence electrons. The van der Waals surface area contributed by atoms with Crippen LogP contribution in [0, 0.1) is 17.0 Å². The molecule has 0 fully saturated rings. The Morgan fingerprint density at radius 3 is 2.58 bits per heavy atom. The number of fused-ring (bicyclic) bond motifs is 1. The molecular formula is C19H16N2O5. The number of pyridine rings is 1. The molecule has 0 unspecified atom stereocenters. The van der Waals surface area contributed by atoms with Crippen LogP contribution in [0.1, 0.15) is 21.5 Å². The van der Waals surface area contributed by atoms with Crippen molar-refractivity contribution < 1.29 is 14.8 Å². The standard InChI is InChI=1S/C19H16N2O5/c1-12-10-15(21(25)26)7-6-13(12)8-9-20-17-5-3-2-4-14(17)11-16(18(20)22)19(23)24/h2-7,10-11H,8-9H2,1H3,(H,23,24). The van der Waals surface area contributed by atoms with E-state index in [1.165, 1.54) is 22.8 Å². The summed E-state index contributed by atoms with van der Waals surface area (Å²) in [5.74, 6) is -1.26. The first-order valence-electron chi connectivity index (χ1n) is 7.98. The number of carbonyl (C=O) groups is 1. The summed E-state index contributed by atoms with van der Waals surface area (Å²) in [6.07, 6.45) is 0.455. The second-order valence-corrected chi connectivity index (χ2v) is 6.00. The molecule has 1 N–H and O–H groups in total. The Hall–Kier alpha value is -3.48. The van der Waals surface area contributed by atoms with E-state index in [1.54, 1.807) is 37.3 Å². The number of aromatic carboxylic acids is 1. The topological polar surface area (TPSA) is 102 Å². The molecule has 0 aliphatic rings. The lowest BCUT2D eigenvalue weighted by molar-refractivity contribution is -0.384. The van der Waals surface area contributed by atoms with E-state index in [0.717, 1.165) is 11.1 Å². The van der Waals surface area contributed by atoms with E-state index >= 15 is 0 Å². The number of nitrogens with zero attached hydrogens (tertiary/aromatic N) is 2. The molecule has 1 aromatic heterocycles. The van der Waals surface area contributed by atoms with Crippen LogP contribution >= 0.6 is 0 Å². The molecule has 2 aromatic carbocycles. The number of aromatic nitrogens is 1. The van der Waals surface area contributed by atoms with Gasteiger partial charge in [-0.1, -0.05) is 24.3 Å². The van der Waals surface area contributed by atoms with Crippen LogP contribution in [0.5, 0.6) is 0 Å². The van der Waals surface area contributed by atoms with Crippen molar-refractivity contribution in [2.75, 3.05) is 0 Å². The first-order chi connectivity index (χ1) is 12.4. The number of hydrogen-bond acceptors (Lipinski definition) is 4. The molecule has 1 heterocycles. The lowest BCUT2D eigenvalue weighted by Crippen LogP contribution is -2.27. The SMILES string of the molecule is Cc1cc([N+](=O)[O-])ccc1CCn1c(=O)c(C(=O)O)cc2ccccc21. The summed E-state index contributed by atoms with van der Waals surface area (Å²) < 4.78 is 1.44. The fourth-order valence-electron chi connectivity index (χ4n) is 3.01. The number of nitro groups is 1. The van der Waals surface area contributed by atoms with Gasteiger partial charge >= 0.3 is 5.97 Å². The largest absolute Gasteiger partial charge is 0.477 e. The Morgan fingerprint density at radius 1 is 1.19 bits per heavy atom. The molecule has 0 atom stereocenters. The molecule has 7 heteroatoms. The van der Waals surface area contributed by atoms with Crippen LogP contribution in [0.2, 0.25) is 0 Å². The van der Waals surface area contributed by atoms with Gasteiger partial charge in [0.05, 0.1) is 10.4 Å². The fraction of sp³-hybridized carbons (Fsp3) is 0.158. The molecular weight excluding hydrogens is 336 g/mol. The molecule has 0 spiro atoms. The smallest absolute Gasteiger partial charge is 0.341 e. The molecule has 3 rings (SSSR count). The molecule has 0 aliphatic heterocycles. The van der Waals surface area contributed by atoms with E-state index in [9.17, 15) is 24.8 Å². The van der Waals surface area contributed by atoms with Gasteiger partial charge in [0.1, 0.15) is 5.56 Å². The second kappa shape index (κ2) is 6.79. The van der Waals surface area contributed by atoms with Crippen LogP contribution in [0.3, 0.4) is 0 Å². The minimum Gasteiger partial charge on any atom is -0.477 e. The predicted molar refractivity (Wildman–Crippen MR) is 96.7 cm³/mol. The van der Waals surface area contributed by atoms with Gasteiger partial charge in [0.2, 0.25) is 0 Å². The summed E-state index contributed by atoms with van der Waals surface area (Å²) in [6, 6.07) is 13.1. The highest BCUT2D eigenvalue weighted by Gasteiger charge is 2.15. The van der Waals surface area contributed by atoms with Crippen molar-refractivity contribution in [1.29, 1.82) is 0 Å². The normalized spacial score (nSPS) is 10.8. The number of para-hydroxylation sites is 1. The third kappa shape index (κ3) is 3.19. The van der Waals surface area contributed by atoms with Crippen LogP contribution in [-0.4, -0.2) is 20.6 Å². The zero-order valence-corrected chi connectivity index (χ0v) is 14.0. The minimum atomic E-state index is -1.26. The van der Waals surface area contributed by atoms with Crippen LogP contribution in [-0.2, 0) is 13.0 Å². The zero-order chi connectivity index (χ0) is 18.8. The van der Waals surface area contributed by atoms with Crippen LogP contribution in [0.25, 0.3) is 10.9 Å². The molecule has 26 heavy (non-hydrogen) atoms. The predicted octanol–water partition coefficient (Wildman–Crippen LogP) is 3.16. The lowest BCUT2D eigenvalue weighted by atomic mass is 10.0. The Balaban J connectivity index is 2.01. The number of nitro benzene ring substituents is 1. The van der Waals surface area contributed by atoms with Crippen LogP contribution in [0.15, 0.2) is 53.3 Å². The number of hydrogen-bond donors (Lipinski definition) is 1. The molecule has 0 saturated heterocycles. The quantitative estimate of drug-likeness (QED) is 0.561. The summed E-state index contributed by atoms with van der Waals surface area (Å²) in [5, 5.41) is 20.8. The maximum atomic E-state index is 12.6. The average molecular weight is 352 g/mol. The summed E-state index contributed by atoms with van der Waals surface area (Å²) in [6.45, 7) is 2.05. The zero-order valence-electron chi connectivity index (χ0n) is 14.0. The summed E-state index contributed by atoms with van der Waals surface area (Å²) in [4.78, 5) is 34.3. The van der Waals surface area contributed by atoms with E-state index in [-0.39, 0.29) is 17.8 Å². The van der Waals surface area contributed by atoms with Gasteiger partial charge in [0.15, 0.2) is 0 Å². The Morgan fingerprint density at radius 2 is 1.92 bits per heavy atom. The van der Waals surface area contributed by atoms with Gasteiger partial charge in [-0.25, -0.2) is 4.79 Å². The van der Waals surface area contributed by atoms with Crippen molar-refractivity contribution in [3.05, 3.63) is 85.7 Å². The van der Waals surface area contributed by atoms with E-state index in [0.29, 0.717) is 17.3 Å². The number of benzene rings is 2. The number of non-ortho nitro benzene ring substituents is 1. The molecule has 0 aliphatic carbocycles. The van der Waals surface area contributed by atoms with Gasteiger partial charge < -0.3 is 9.67 Å². The highest BCUT2D eigenvalue weighted by molar-refractivity contribution is 5.92. The molecule has 0 bridgehead atoms. The number of aryl methyl sites for hydroxylation is 3. The van der Waals surface area contributed by atoms with Gasteiger partial charge in [-0.05, 0) is 42.0 Å². The molecule has 3 aromatic rings. The van der Waals surface area contributed by atoms with Crippen molar-refractivity contribution in [2.45, 2.75) is 19.9 Å². The third-order valence-corrected chi connectivity index (χ3v) is 4.38. The Bertz CT molecular complexity index is 1080. The lowest BCUT2D eigenvalue weighted by Gasteiger charge is -2.12. The number of carboxylic acids is 1.